The van der Waals surface area contributed by atoms with Crippen LogP contribution in [0.2, 0.25) is 5.02 Å². The summed E-state index contributed by atoms with van der Waals surface area (Å²) in [4.78, 5) is 17.5. The number of nitrogens with zero attached hydrogens (tertiary/aromatic N) is 3. The lowest BCUT2D eigenvalue weighted by atomic mass is 10.0. The van der Waals surface area contributed by atoms with Crippen LogP contribution in [0.1, 0.15) is 10.4 Å². The summed E-state index contributed by atoms with van der Waals surface area (Å²) in [6.45, 7) is 0. The van der Waals surface area contributed by atoms with E-state index in [-0.39, 0.29) is 5.56 Å². The molecule has 0 radical (unpaired) electrons. The van der Waals surface area contributed by atoms with E-state index in [9.17, 15) is 9.18 Å². The van der Waals surface area contributed by atoms with Crippen molar-refractivity contribution in [3.05, 3.63) is 59.0 Å². The molecule has 7 heteroatoms. The summed E-state index contributed by atoms with van der Waals surface area (Å²) in [6.07, 6.45) is 1.57. The number of hydroxylamine groups is 2. The molecule has 0 unspecified atom stereocenters. The Balaban J connectivity index is 2.34. The maximum Gasteiger partial charge on any atom is 0.279 e. The topological polar surface area (TPSA) is 46.8 Å². The lowest BCUT2D eigenvalue weighted by Gasteiger charge is -2.18. The van der Waals surface area contributed by atoms with Crippen LogP contribution in [0.15, 0.2) is 42.6 Å². The maximum atomic E-state index is 13.6. The normalized spacial score (nSPS) is 11.0. The molecule has 0 saturated heterocycles. The van der Waals surface area contributed by atoms with E-state index in [0.717, 1.165) is 5.06 Å². The third kappa shape index (κ3) is 2.67. The van der Waals surface area contributed by atoms with Gasteiger partial charge in [-0.05, 0) is 24.3 Å². The van der Waals surface area contributed by atoms with Crippen molar-refractivity contribution < 1.29 is 14.0 Å². The first-order chi connectivity index (χ1) is 11.0. The number of amides is 1. The molecule has 3 rings (SSSR count). The molecule has 0 spiro atoms. The molecule has 0 aliphatic carbocycles. The number of halogens is 2. The molecular weight excluding hydrogens is 321 g/mol. The molecule has 1 aromatic carbocycles. The average molecular weight is 334 g/mol. The molecule has 0 aliphatic rings. The minimum absolute atomic E-state index is 0.265. The van der Waals surface area contributed by atoms with Crippen LogP contribution in [-0.4, -0.2) is 34.7 Å². The van der Waals surface area contributed by atoms with Crippen LogP contribution in [0.5, 0.6) is 0 Å². The Morgan fingerprint density at radius 3 is 2.83 bits per heavy atom. The van der Waals surface area contributed by atoms with Crippen LogP contribution in [0.4, 0.5) is 4.39 Å². The van der Waals surface area contributed by atoms with E-state index in [1.54, 1.807) is 24.4 Å². The Morgan fingerprint density at radius 2 is 2.13 bits per heavy atom. The summed E-state index contributed by atoms with van der Waals surface area (Å²) in [5, 5.41) is 5.66. The van der Waals surface area contributed by atoms with Crippen molar-refractivity contribution in [1.82, 2.24) is 14.7 Å². The SMILES string of the molecule is CON(C)C(=O)c1cc(Cl)c2ccnn2c1-c1cccc(F)c1. The number of hydrogen-bond donors (Lipinski definition) is 0. The van der Waals surface area contributed by atoms with Crippen LogP contribution in [-0.2, 0) is 4.84 Å². The highest BCUT2D eigenvalue weighted by molar-refractivity contribution is 6.34. The van der Waals surface area contributed by atoms with Crippen molar-refractivity contribution in [1.29, 1.82) is 0 Å². The molecule has 3 aromatic rings. The van der Waals surface area contributed by atoms with Gasteiger partial charge in [0, 0.05) is 12.6 Å². The molecule has 5 nitrogen and oxygen atoms in total. The van der Waals surface area contributed by atoms with Gasteiger partial charge in [-0.1, -0.05) is 23.7 Å². The average Bonchev–Trinajstić information content (AvgIpc) is 3.03. The molecule has 0 saturated carbocycles. The van der Waals surface area contributed by atoms with Crippen molar-refractivity contribution in [3.63, 3.8) is 0 Å². The highest BCUT2D eigenvalue weighted by atomic mass is 35.5. The third-order valence-electron chi connectivity index (χ3n) is 3.51. The van der Waals surface area contributed by atoms with E-state index in [2.05, 4.69) is 5.10 Å². The monoisotopic (exact) mass is 333 g/mol. The predicted molar refractivity (Wildman–Crippen MR) is 84.7 cm³/mol. The van der Waals surface area contributed by atoms with Crippen LogP contribution in [0.25, 0.3) is 16.8 Å². The van der Waals surface area contributed by atoms with Gasteiger partial charge in [-0.2, -0.15) is 5.10 Å². The summed E-state index contributed by atoms with van der Waals surface area (Å²) in [7, 11) is 2.87. The molecular formula is C16H13ClFN3O2. The zero-order valence-corrected chi connectivity index (χ0v) is 13.2. The summed E-state index contributed by atoms with van der Waals surface area (Å²) in [6, 6.07) is 9.21. The fraction of sp³-hybridized carbons (Fsp3) is 0.125. The number of rotatable bonds is 3. The van der Waals surface area contributed by atoms with E-state index in [1.165, 1.54) is 36.9 Å². The second-order valence-electron chi connectivity index (χ2n) is 4.88. The number of aromatic nitrogens is 2. The van der Waals surface area contributed by atoms with Crippen molar-refractivity contribution in [2.75, 3.05) is 14.2 Å². The Kier molecular flexibility index (Phi) is 4.02. The minimum atomic E-state index is -0.411. The summed E-state index contributed by atoms with van der Waals surface area (Å²) < 4.78 is 15.2. The van der Waals surface area contributed by atoms with Gasteiger partial charge in [0.2, 0.25) is 0 Å². The first-order valence-corrected chi connectivity index (χ1v) is 7.15. The molecule has 23 heavy (non-hydrogen) atoms. The lowest BCUT2D eigenvalue weighted by Crippen LogP contribution is -2.26. The first-order valence-electron chi connectivity index (χ1n) is 6.77. The van der Waals surface area contributed by atoms with E-state index in [4.69, 9.17) is 16.4 Å². The van der Waals surface area contributed by atoms with Crippen LogP contribution < -0.4 is 0 Å². The second kappa shape index (κ2) is 5.98. The zero-order valence-electron chi connectivity index (χ0n) is 12.5. The van der Waals surface area contributed by atoms with E-state index in [1.807, 2.05) is 0 Å². The summed E-state index contributed by atoms with van der Waals surface area (Å²) >= 11 is 6.24. The second-order valence-corrected chi connectivity index (χ2v) is 5.29. The van der Waals surface area contributed by atoms with Gasteiger partial charge in [-0.15, -0.1) is 0 Å². The van der Waals surface area contributed by atoms with Gasteiger partial charge in [-0.3, -0.25) is 9.63 Å². The van der Waals surface area contributed by atoms with Gasteiger partial charge in [0.05, 0.1) is 35.1 Å². The summed E-state index contributed by atoms with van der Waals surface area (Å²) in [5.41, 5.74) is 1.86. The number of carbonyl (C=O) groups excluding carboxylic acids is 1. The van der Waals surface area contributed by atoms with Crippen molar-refractivity contribution >= 4 is 23.0 Å². The Labute approximate surface area is 136 Å². The quantitative estimate of drug-likeness (QED) is 0.690. The Morgan fingerprint density at radius 1 is 1.35 bits per heavy atom. The van der Waals surface area contributed by atoms with Gasteiger partial charge >= 0.3 is 0 Å². The van der Waals surface area contributed by atoms with Gasteiger partial charge in [0.15, 0.2) is 0 Å². The largest absolute Gasteiger partial charge is 0.279 e. The van der Waals surface area contributed by atoms with E-state index >= 15 is 0 Å². The molecule has 0 aliphatic heterocycles. The number of benzene rings is 1. The molecule has 0 N–H and O–H groups in total. The third-order valence-corrected chi connectivity index (χ3v) is 3.82. The molecule has 0 bridgehead atoms. The van der Waals surface area contributed by atoms with Crippen molar-refractivity contribution in [3.8, 4) is 11.3 Å². The smallest absolute Gasteiger partial charge is 0.274 e. The molecule has 2 heterocycles. The van der Waals surface area contributed by atoms with Crippen LogP contribution in [0.3, 0.4) is 0 Å². The van der Waals surface area contributed by atoms with Gasteiger partial charge in [0.25, 0.3) is 5.91 Å². The molecule has 2 aromatic heterocycles. The van der Waals surface area contributed by atoms with Crippen LogP contribution in [0, 0.1) is 5.82 Å². The van der Waals surface area contributed by atoms with Gasteiger partial charge in [-0.25, -0.2) is 14.0 Å². The Bertz CT molecular complexity index is 894. The number of pyridine rings is 1. The predicted octanol–water partition coefficient (Wildman–Crippen LogP) is 3.43. The fourth-order valence-corrected chi connectivity index (χ4v) is 2.63. The highest BCUT2D eigenvalue weighted by Gasteiger charge is 2.22. The molecule has 0 fully saturated rings. The fourth-order valence-electron chi connectivity index (χ4n) is 2.37. The standard InChI is InChI=1S/C16H13ClFN3O2/c1-20(23-2)16(22)12-9-13(17)14-6-7-19-21(14)15(12)10-4-3-5-11(18)8-10/h3-9H,1-2H3. The summed E-state index contributed by atoms with van der Waals surface area (Å²) in [5.74, 6) is -0.817. The van der Waals surface area contributed by atoms with Crippen molar-refractivity contribution in [2.45, 2.75) is 0 Å². The van der Waals surface area contributed by atoms with Gasteiger partial charge < -0.3 is 0 Å². The van der Waals surface area contributed by atoms with Crippen LogP contribution >= 0.6 is 11.6 Å². The highest BCUT2D eigenvalue weighted by Crippen LogP contribution is 2.30. The zero-order chi connectivity index (χ0) is 16.6. The minimum Gasteiger partial charge on any atom is -0.274 e. The maximum absolute atomic E-state index is 13.6. The van der Waals surface area contributed by atoms with Gasteiger partial charge in [0.1, 0.15) is 5.82 Å². The van der Waals surface area contributed by atoms with E-state index in [0.29, 0.717) is 21.8 Å². The van der Waals surface area contributed by atoms with E-state index < -0.39 is 11.7 Å². The number of carbonyl (C=O) groups is 1. The number of hydrogen-bond acceptors (Lipinski definition) is 3. The number of fused-ring (bicyclic) bond motifs is 1. The molecule has 118 valence electrons. The lowest BCUT2D eigenvalue weighted by molar-refractivity contribution is -0.0756. The molecule has 0 atom stereocenters. The first kappa shape index (κ1) is 15.5. The molecule has 1 amide bonds. The Hall–Kier alpha value is -2.44. The van der Waals surface area contributed by atoms with Crippen molar-refractivity contribution in [2.24, 2.45) is 0 Å².